The van der Waals surface area contributed by atoms with E-state index in [1.807, 2.05) is 31.2 Å². The van der Waals surface area contributed by atoms with Crippen LogP contribution in [0.5, 0.6) is 0 Å². The van der Waals surface area contributed by atoms with Gasteiger partial charge in [0.05, 0.1) is 17.4 Å². The lowest BCUT2D eigenvalue weighted by Crippen LogP contribution is -2.11. The standard InChI is InChI=1S/C16H20N2/c1-3-14(13-9-5-4-6-10-13)18-15-11-7-8-12(2)16(15)17/h4-11,14,18H,3,17H2,1-2H3. The van der Waals surface area contributed by atoms with E-state index in [9.17, 15) is 0 Å². The SMILES string of the molecule is CCC(Nc1cccc(C)c1N)c1ccccc1. The average Bonchev–Trinajstić information content (AvgIpc) is 2.41. The topological polar surface area (TPSA) is 38.0 Å². The Balaban J connectivity index is 2.24. The molecule has 0 aromatic heterocycles. The summed E-state index contributed by atoms with van der Waals surface area (Å²) in [5, 5.41) is 3.53. The van der Waals surface area contributed by atoms with Gasteiger partial charge in [-0.15, -0.1) is 0 Å². The van der Waals surface area contributed by atoms with E-state index in [1.165, 1.54) is 5.56 Å². The van der Waals surface area contributed by atoms with Gasteiger partial charge in [-0.2, -0.15) is 0 Å². The molecule has 2 aromatic carbocycles. The van der Waals surface area contributed by atoms with E-state index in [2.05, 4.69) is 36.5 Å². The van der Waals surface area contributed by atoms with Crippen LogP contribution in [0.25, 0.3) is 0 Å². The first-order chi connectivity index (χ1) is 8.72. The van der Waals surface area contributed by atoms with Crippen LogP contribution in [0.15, 0.2) is 48.5 Å². The van der Waals surface area contributed by atoms with E-state index in [4.69, 9.17) is 5.73 Å². The Labute approximate surface area is 109 Å². The van der Waals surface area contributed by atoms with Crippen LogP contribution in [0, 0.1) is 6.92 Å². The first-order valence-corrected chi connectivity index (χ1v) is 6.39. The molecule has 1 atom stereocenters. The summed E-state index contributed by atoms with van der Waals surface area (Å²) in [6.45, 7) is 4.21. The van der Waals surface area contributed by atoms with E-state index < -0.39 is 0 Å². The Hall–Kier alpha value is -1.96. The molecule has 0 amide bonds. The molecule has 0 spiro atoms. The second-order valence-corrected chi connectivity index (χ2v) is 4.55. The summed E-state index contributed by atoms with van der Waals surface area (Å²) < 4.78 is 0. The van der Waals surface area contributed by atoms with Crippen molar-refractivity contribution in [3.8, 4) is 0 Å². The number of aryl methyl sites for hydroxylation is 1. The summed E-state index contributed by atoms with van der Waals surface area (Å²) in [6, 6.07) is 16.9. The Morgan fingerprint density at radius 3 is 2.44 bits per heavy atom. The quantitative estimate of drug-likeness (QED) is 0.788. The Morgan fingerprint density at radius 2 is 1.78 bits per heavy atom. The van der Waals surface area contributed by atoms with Gasteiger partial charge in [-0.25, -0.2) is 0 Å². The summed E-state index contributed by atoms with van der Waals surface area (Å²) in [6.07, 6.45) is 1.03. The number of hydrogen-bond acceptors (Lipinski definition) is 2. The Bertz CT molecular complexity index is 506. The zero-order chi connectivity index (χ0) is 13.0. The lowest BCUT2D eigenvalue weighted by molar-refractivity contribution is 0.750. The average molecular weight is 240 g/mol. The van der Waals surface area contributed by atoms with Crippen molar-refractivity contribution in [1.29, 1.82) is 0 Å². The van der Waals surface area contributed by atoms with Gasteiger partial charge < -0.3 is 11.1 Å². The summed E-state index contributed by atoms with van der Waals surface area (Å²) in [5.41, 5.74) is 10.4. The van der Waals surface area contributed by atoms with Gasteiger partial charge in [0.25, 0.3) is 0 Å². The number of para-hydroxylation sites is 1. The van der Waals surface area contributed by atoms with Crippen LogP contribution in [0.1, 0.15) is 30.5 Å². The smallest absolute Gasteiger partial charge is 0.0581 e. The second kappa shape index (κ2) is 5.58. The van der Waals surface area contributed by atoms with Gasteiger partial charge in [0.15, 0.2) is 0 Å². The zero-order valence-corrected chi connectivity index (χ0v) is 11.0. The molecule has 0 fully saturated rings. The monoisotopic (exact) mass is 240 g/mol. The minimum absolute atomic E-state index is 0.301. The second-order valence-electron chi connectivity index (χ2n) is 4.55. The maximum atomic E-state index is 6.10. The number of nitrogens with one attached hydrogen (secondary N) is 1. The highest BCUT2D eigenvalue weighted by molar-refractivity contribution is 5.70. The number of nitrogen functional groups attached to an aromatic ring is 1. The summed E-state index contributed by atoms with van der Waals surface area (Å²) >= 11 is 0. The Kier molecular flexibility index (Phi) is 3.88. The van der Waals surface area contributed by atoms with E-state index in [0.29, 0.717) is 6.04 Å². The molecule has 94 valence electrons. The first-order valence-electron chi connectivity index (χ1n) is 6.39. The van der Waals surface area contributed by atoms with Crippen LogP contribution in [-0.4, -0.2) is 0 Å². The van der Waals surface area contributed by atoms with Crippen molar-refractivity contribution in [3.05, 3.63) is 59.7 Å². The van der Waals surface area contributed by atoms with Gasteiger partial charge in [-0.1, -0.05) is 49.4 Å². The molecule has 18 heavy (non-hydrogen) atoms. The van der Waals surface area contributed by atoms with E-state index in [0.717, 1.165) is 23.4 Å². The summed E-state index contributed by atoms with van der Waals surface area (Å²) in [5.74, 6) is 0. The molecule has 0 saturated heterocycles. The molecule has 3 N–H and O–H groups in total. The van der Waals surface area contributed by atoms with Crippen molar-refractivity contribution in [1.82, 2.24) is 0 Å². The van der Waals surface area contributed by atoms with E-state index in [1.54, 1.807) is 0 Å². The third-order valence-corrected chi connectivity index (χ3v) is 3.26. The molecule has 0 radical (unpaired) electrons. The normalized spacial score (nSPS) is 12.1. The highest BCUT2D eigenvalue weighted by atomic mass is 14.9. The lowest BCUT2D eigenvalue weighted by atomic mass is 10.0. The largest absolute Gasteiger partial charge is 0.397 e. The fraction of sp³-hybridized carbons (Fsp3) is 0.250. The number of nitrogens with two attached hydrogens (primary N) is 1. The molecule has 0 bridgehead atoms. The maximum absolute atomic E-state index is 6.10. The molecular formula is C16H20N2. The van der Waals surface area contributed by atoms with Crippen molar-refractivity contribution in [2.75, 3.05) is 11.1 Å². The molecule has 2 rings (SSSR count). The van der Waals surface area contributed by atoms with Gasteiger partial charge in [-0.05, 0) is 30.5 Å². The minimum atomic E-state index is 0.301. The van der Waals surface area contributed by atoms with Crippen LogP contribution in [0.4, 0.5) is 11.4 Å². The molecule has 0 aliphatic carbocycles. The van der Waals surface area contributed by atoms with Gasteiger partial charge in [0, 0.05) is 0 Å². The van der Waals surface area contributed by atoms with Gasteiger partial charge >= 0.3 is 0 Å². The highest BCUT2D eigenvalue weighted by Crippen LogP contribution is 2.28. The Morgan fingerprint density at radius 1 is 1.06 bits per heavy atom. The molecule has 2 heteroatoms. The van der Waals surface area contributed by atoms with Crippen molar-refractivity contribution in [3.63, 3.8) is 0 Å². The molecule has 0 aliphatic rings. The highest BCUT2D eigenvalue weighted by Gasteiger charge is 2.10. The molecule has 1 unspecified atom stereocenters. The fourth-order valence-corrected chi connectivity index (χ4v) is 2.10. The van der Waals surface area contributed by atoms with Crippen LogP contribution in [-0.2, 0) is 0 Å². The molecular weight excluding hydrogens is 220 g/mol. The van der Waals surface area contributed by atoms with Gasteiger partial charge in [0.1, 0.15) is 0 Å². The van der Waals surface area contributed by atoms with Crippen molar-refractivity contribution in [2.45, 2.75) is 26.3 Å². The molecule has 0 aliphatic heterocycles. The third kappa shape index (κ3) is 2.65. The van der Waals surface area contributed by atoms with Crippen molar-refractivity contribution < 1.29 is 0 Å². The first kappa shape index (κ1) is 12.5. The molecule has 0 heterocycles. The van der Waals surface area contributed by atoms with Gasteiger partial charge in [0.2, 0.25) is 0 Å². The summed E-state index contributed by atoms with van der Waals surface area (Å²) in [7, 11) is 0. The van der Waals surface area contributed by atoms with Crippen molar-refractivity contribution in [2.24, 2.45) is 0 Å². The fourth-order valence-electron chi connectivity index (χ4n) is 2.10. The zero-order valence-electron chi connectivity index (χ0n) is 11.0. The number of anilines is 2. The van der Waals surface area contributed by atoms with Crippen LogP contribution in [0.3, 0.4) is 0 Å². The predicted octanol–water partition coefficient (Wildman–Crippen LogP) is 4.14. The number of rotatable bonds is 4. The predicted molar refractivity (Wildman–Crippen MR) is 78.7 cm³/mol. The molecule has 0 saturated carbocycles. The molecule has 2 aromatic rings. The number of hydrogen-bond donors (Lipinski definition) is 2. The lowest BCUT2D eigenvalue weighted by Gasteiger charge is -2.20. The van der Waals surface area contributed by atoms with Gasteiger partial charge in [-0.3, -0.25) is 0 Å². The minimum Gasteiger partial charge on any atom is -0.397 e. The van der Waals surface area contributed by atoms with Crippen LogP contribution >= 0.6 is 0 Å². The maximum Gasteiger partial charge on any atom is 0.0581 e. The van der Waals surface area contributed by atoms with E-state index in [-0.39, 0.29) is 0 Å². The van der Waals surface area contributed by atoms with Crippen molar-refractivity contribution >= 4 is 11.4 Å². The number of benzene rings is 2. The van der Waals surface area contributed by atoms with E-state index >= 15 is 0 Å². The van der Waals surface area contributed by atoms with Crippen LogP contribution < -0.4 is 11.1 Å². The summed E-state index contributed by atoms with van der Waals surface area (Å²) in [4.78, 5) is 0. The molecule has 2 nitrogen and oxygen atoms in total. The third-order valence-electron chi connectivity index (χ3n) is 3.26. The van der Waals surface area contributed by atoms with Crippen LogP contribution in [0.2, 0.25) is 0 Å².